The molecule has 1 N–H and O–H groups in total. The van der Waals surface area contributed by atoms with Crippen LogP contribution < -0.4 is 10.1 Å². The number of nitrogens with one attached hydrogen (secondary N) is 1. The van der Waals surface area contributed by atoms with Crippen LogP contribution in [0, 0.1) is 0 Å². The molecule has 2 aromatic rings. The molecular weight excluding hydrogens is 264 g/mol. The second-order valence-electron chi connectivity index (χ2n) is 4.13. The van der Waals surface area contributed by atoms with Gasteiger partial charge in [-0.15, -0.1) is 11.3 Å². The molecule has 0 bridgehead atoms. The number of imidazole rings is 1. The van der Waals surface area contributed by atoms with E-state index in [-0.39, 0.29) is 5.91 Å². The molecule has 0 fully saturated rings. The Kier molecular flexibility index (Phi) is 4.39. The third-order valence-corrected chi connectivity index (χ3v) is 3.74. The molecule has 0 aliphatic rings. The lowest BCUT2D eigenvalue weighted by Gasteiger charge is -2.14. The molecule has 6 nitrogen and oxygen atoms in total. The third kappa shape index (κ3) is 2.87. The van der Waals surface area contributed by atoms with Gasteiger partial charge in [-0.2, -0.15) is 4.98 Å². The van der Waals surface area contributed by atoms with Crippen LogP contribution in [-0.2, 0) is 11.3 Å². The highest BCUT2D eigenvalue weighted by Crippen LogP contribution is 2.22. The van der Waals surface area contributed by atoms with Crippen molar-refractivity contribution in [2.75, 3.05) is 27.2 Å². The number of ether oxygens (including phenoxy) is 1. The summed E-state index contributed by atoms with van der Waals surface area (Å²) in [6.45, 7) is 3.52. The Morgan fingerprint density at radius 3 is 3.11 bits per heavy atom. The first-order valence-electron chi connectivity index (χ1n) is 6.10. The van der Waals surface area contributed by atoms with Gasteiger partial charge in [-0.1, -0.05) is 0 Å². The smallest absolute Gasteiger partial charge is 0.237 e. The van der Waals surface area contributed by atoms with Crippen molar-refractivity contribution >= 4 is 22.2 Å². The summed E-state index contributed by atoms with van der Waals surface area (Å²) >= 11 is 1.55. The number of rotatable bonds is 6. The van der Waals surface area contributed by atoms with Crippen LogP contribution in [-0.4, -0.2) is 47.4 Å². The average molecular weight is 282 g/mol. The van der Waals surface area contributed by atoms with Crippen LogP contribution in [0.1, 0.15) is 12.6 Å². The van der Waals surface area contributed by atoms with Crippen molar-refractivity contribution in [2.45, 2.75) is 13.5 Å². The number of thiazole rings is 1. The molecule has 0 aromatic carbocycles. The normalized spacial score (nSPS) is 10.9. The summed E-state index contributed by atoms with van der Waals surface area (Å²) in [4.78, 5) is 18.6. The Balaban J connectivity index is 2.01. The molecule has 0 spiro atoms. The standard InChI is InChI=1S/C12H18N4O2S/c1-4-15(2)10(17)8-13-7-9-11(18-3)14-12-16(9)5-6-19-12/h5-6,13H,4,7-8H2,1-3H3. The van der Waals surface area contributed by atoms with Gasteiger partial charge < -0.3 is 15.0 Å². The van der Waals surface area contributed by atoms with Crippen LogP contribution in [0.3, 0.4) is 0 Å². The zero-order chi connectivity index (χ0) is 13.8. The van der Waals surface area contributed by atoms with Crippen LogP contribution in [0.5, 0.6) is 5.88 Å². The second kappa shape index (κ2) is 6.03. The largest absolute Gasteiger partial charge is 0.480 e. The van der Waals surface area contributed by atoms with E-state index in [4.69, 9.17) is 4.74 Å². The molecule has 1 amide bonds. The van der Waals surface area contributed by atoms with E-state index >= 15 is 0 Å². The quantitative estimate of drug-likeness (QED) is 0.858. The van der Waals surface area contributed by atoms with Gasteiger partial charge in [0.2, 0.25) is 11.8 Å². The number of hydrogen-bond donors (Lipinski definition) is 1. The van der Waals surface area contributed by atoms with Crippen LogP contribution in [0.2, 0.25) is 0 Å². The third-order valence-electron chi connectivity index (χ3n) is 2.99. The van der Waals surface area contributed by atoms with E-state index in [0.717, 1.165) is 10.7 Å². The van der Waals surface area contributed by atoms with Gasteiger partial charge in [0.05, 0.1) is 13.7 Å². The molecule has 7 heteroatoms. The number of carbonyl (C=O) groups is 1. The lowest BCUT2D eigenvalue weighted by molar-refractivity contribution is -0.128. The van der Waals surface area contributed by atoms with E-state index in [9.17, 15) is 4.79 Å². The number of hydrogen-bond acceptors (Lipinski definition) is 5. The van der Waals surface area contributed by atoms with Gasteiger partial charge >= 0.3 is 0 Å². The number of nitrogens with zero attached hydrogens (tertiary/aromatic N) is 3. The van der Waals surface area contributed by atoms with E-state index in [1.54, 1.807) is 30.4 Å². The number of amides is 1. The van der Waals surface area contributed by atoms with Crippen molar-refractivity contribution < 1.29 is 9.53 Å². The summed E-state index contributed by atoms with van der Waals surface area (Å²) in [7, 11) is 3.40. The molecule has 2 rings (SSSR count). The van der Waals surface area contributed by atoms with E-state index in [1.807, 2.05) is 22.9 Å². The Morgan fingerprint density at radius 2 is 2.42 bits per heavy atom. The fraction of sp³-hybridized carbons (Fsp3) is 0.500. The Labute approximate surface area is 116 Å². The first-order chi connectivity index (χ1) is 9.17. The molecule has 2 heterocycles. The Bertz CT molecular complexity index is 563. The molecule has 2 aromatic heterocycles. The lowest BCUT2D eigenvalue weighted by Crippen LogP contribution is -2.35. The second-order valence-corrected chi connectivity index (χ2v) is 5.01. The van der Waals surface area contributed by atoms with Gasteiger partial charge in [-0.05, 0) is 6.92 Å². The predicted octanol–water partition coefficient (Wildman–Crippen LogP) is 0.972. The highest BCUT2D eigenvalue weighted by molar-refractivity contribution is 7.15. The van der Waals surface area contributed by atoms with Crippen molar-refractivity contribution in [3.8, 4) is 5.88 Å². The highest BCUT2D eigenvalue weighted by Gasteiger charge is 2.14. The molecule has 0 saturated carbocycles. The predicted molar refractivity (Wildman–Crippen MR) is 74.6 cm³/mol. The Morgan fingerprint density at radius 1 is 1.63 bits per heavy atom. The molecule has 0 atom stereocenters. The molecule has 0 radical (unpaired) electrons. The van der Waals surface area contributed by atoms with Gasteiger partial charge in [-0.25, -0.2) is 0 Å². The molecule has 0 unspecified atom stereocenters. The first kappa shape index (κ1) is 13.8. The van der Waals surface area contributed by atoms with Crippen molar-refractivity contribution in [2.24, 2.45) is 0 Å². The minimum atomic E-state index is 0.0764. The van der Waals surface area contributed by atoms with Gasteiger partial charge in [0.15, 0.2) is 4.96 Å². The molecular formula is C12H18N4O2S. The van der Waals surface area contributed by atoms with Crippen LogP contribution in [0.4, 0.5) is 0 Å². The number of methoxy groups -OCH3 is 1. The zero-order valence-corrected chi connectivity index (χ0v) is 12.2. The fourth-order valence-electron chi connectivity index (χ4n) is 1.74. The van der Waals surface area contributed by atoms with Gasteiger partial charge in [0, 0.05) is 31.7 Å². The molecule has 0 saturated heterocycles. The first-order valence-corrected chi connectivity index (χ1v) is 6.98. The van der Waals surface area contributed by atoms with Crippen molar-refractivity contribution in [1.82, 2.24) is 19.6 Å². The van der Waals surface area contributed by atoms with Crippen molar-refractivity contribution in [3.05, 3.63) is 17.3 Å². The topological polar surface area (TPSA) is 58.9 Å². The molecule has 19 heavy (non-hydrogen) atoms. The van der Waals surface area contributed by atoms with Crippen LogP contribution >= 0.6 is 11.3 Å². The number of likely N-dealkylation sites (N-methyl/N-ethyl adjacent to an activating group) is 1. The minimum absolute atomic E-state index is 0.0764. The summed E-state index contributed by atoms with van der Waals surface area (Å²) < 4.78 is 7.23. The van der Waals surface area contributed by atoms with E-state index in [2.05, 4.69) is 10.3 Å². The summed E-state index contributed by atoms with van der Waals surface area (Å²) in [5, 5.41) is 5.11. The molecule has 0 aliphatic carbocycles. The average Bonchev–Trinajstić information content (AvgIpc) is 2.99. The van der Waals surface area contributed by atoms with Crippen LogP contribution in [0.15, 0.2) is 11.6 Å². The maximum Gasteiger partial charge on any atom is 0.237 e. The maximum atomic E-state index is 11.7. The van der Waals surface area contributed by atoms with Crippen molar-refractivity contribution in [1.29, 1.82) is 0 Å². The molecule has 104 valence electrons. The minimum Gasteiger partial charge on any atom is -0.480 e. The van der Waals surface area contributed by atoms with E-state index in [1.165, 1.54) is 0 Å². The van der Waals surface area contributed by atoms with Gasteiger partial charge in [-0.3, -0.25) is 9.20 Å². The molecule has 0 aliphatic heterocycles. The van der Waals surface area contributed by atoms with E-state index in [0.29, 0.717) is 25.5 Å². The van der Waals surface area contributed by atoms with Crippen molar-refractivity contribution in [3.63, 3.8) is 0 Å². The number of fused-ring (bicyclic) bond motifs is 1. The summed E-state index contributed by atoms with van der Waals surface area (Å²) in [5.41, 5.74) is 0.936. The van der Waals surface area contributed by atoms with E-state index < -0.39 is 0 Å². The monoisotopic (exact) mass is 282 g/mol. The summed E-state index contributed by atoms with van der Waals surface area (Å²) in [5.74, 6) is 0.684. The van der Waals surface area contributed by atoms with Gasteiger partial charge in [0.25, 0.3) is 0 Å². The maximum absolute atomic E-state index is 11.7. The summed E-state index contributed by atoms with van der Waals surface area (Å²) in [6, 6.07) is 0. The fourth-order valence-corrected chi connectivity index (χ4v) is 2.46. The zero-order valence-electron chi connectivity index (χ0n) is 11.3. The number of carbonyl (C=O) groups excluding carboxylic acids is 1. The van der Waals surface area contributed by atoms with Crippen LogP contribution in [0.25, 0.3) is 4.96 Å². The number of aromatic nitrogens is 2. The SMILES string of the molecule is CCN(C)C(=O)CNCc1c(OC)nc2sccn12. The summed E-state index contributed by atoms with van der Waals surface area (Å²) in [6.07, 6.45) is 1.95. The Hall–Kier alpha value is -1.60. The lowest BCUT2D eigenvalue weighted by atomic mass is 10.4. The highest BCUT2D eigenvalue weighted by atomic mass is 32.1. The van der Waals surface area contributed by atoms with Gasteiger partial charge in [0.1, 0.15) is 5.69 Å².